The number of ether oxygens (including phenoxy) is 1. The summed E-state index contributed by atoms with van der Waals surface area (Å²) in [6.07, 6.45) is 3.28. The number of amides is 2. The molecule has 0 spiro atoms. The monoisotopic (exact) mass is 498 g/mol. The minimum Gasteiger partial charge on any atom is -0.504 e. The van der Waals surface area contributed by atoms with Crippen LogP contribution in [0.2, 0.25) is 0 Å². The fourth-order valence-electron chi connectivity index (χ4n) is 4.06. The number of hydrogen-bond acceptors (Lipinski definition) is 5. The average molecular weight is 498 g/mol. The first-order valence-electron chi connectivity index (χ1n) is 9.06. The zero-order valence-corrected chi connectivity index (χ0v) is 17.6. The van der Waals surface area contributed by atoms with E-state index in [9.17, 15) is 14.7 Å². The van der Waals surface area contributed by atoms with Crippen LogP contribution in [-0.2, 0) is 12.8 Å². The molecule has 0 bridgehead atoms. The second-order valence-electron chi connectivity index (χ2n) is 7.01. The molecule has 1 aliphatic carbocycles. The molecule has 144 valence electrons. The van der Waals surface area contributed by atoms with Crippen molar-refractivity contribution in [3.8, 4) is 11.5 Å². The molecule has 3 aromatic rings. The van der Waals surface area contributed by atoms with Gasteiger partial charge in [0.05, 0.1) is 28.0 Å². The van der Waals surface area contributed by atoms with Crippen LogP contribution in [0.4, 0.5) is 0 Å². The summed E-state index contributed by atoms with van der Waals surface area (Å²) in [5.41, 5.74) is 3.96. The lowest BCUT2D eigenvalue weighted by Gasteiger charge is -2.23. The molecular weight excluding hydrogens is 483 g/mol. The van der Waals surface area contributed by atoms with E-state index in [-0.39, 0.29) is 5.75 Å². The van der Waals surface area contributed by atoms with E-state index in [1.807, 2.05) is 34.7 Å². The van der Waals surface area contributed by atoms with Crippen LogP contribution in [0.25, 0.3) is 10.8 Å². The molecule has 0 unspecified atom stereocenters. The van der Waals surface area contributed by atoms with Gasteiger partial charge in [-0.25, -0.2) is 0 Å². The maximum absolute atomic E-state index is 13.0. The normalized spacial score (nSPS) is 15.0. The van der Waals surface area contributed by atoms with Gasteiger partial charge in [-0.15, -0.1) is 0 Å². The Kier molecular flexibility index (Phi) is 4.09. The van der Waals surface area contributed by atoms with Gasteiger partial charge in [-0.2, -0.15) is 10.1 Å². The predicted octanol–water partition coefficient (Wildman–Crippen LogP) is 3.89. The van der Waals surface area contributed by atoms with Crippen molar-refractivity contribution in [3.05, 3.63) is 67.8 Å². The summed E-state index contributed by atoms with van der Waals surface area (Å²) in [7, 11) is 1.45. The molecule has 0 radical (unpaired) electrons. The van der Waals surface area contributed by atoms with Gasteiger partial charge >= 0.3 is 0 Å². The summed E-state index contributed by atoms with van der Waals surface area (Å²) in [5.74, 6) is -0.541. The van der Waals surface area contributed by atoms with Gasteiger partial charge in [-0.3, -0.25) is 9.59 Å². The zero-order valence-electron chi connectivity index (χ0n) is 15.4. The number of methoxy groups -OCH3 is 1. The highest BCUT2D eigenvalue weighted by Gasteiger charge is 2.35. The first kappa shape index (κ1) is 18.1. The van der Waals surface area contributed by atoms with E-state index < -0.39 is 11.8 Å². The van der Waals surface area contributed by atoms with Crippen molar-refractivity contribution < 1.29 is 19.4 Å². The van der Waals surface area contributed by atoms with Gasteiger partial charge in [0.15, 0.2) is 11.5 Å². The smallest absolute Gasteiger partial charge is 0.282 e. The van der Waals surface area contributed by atoms with E-state index in [2.05, 4.69) is 5.10 Å². The highest BCUT2D eigenvalue weighted by Crippen LogP contribution is 2.38. The molecule has 0 atom stereocenters. The van der Waals surface area contributed by atoms with Crippen LogP contribution in [0.3, 0.4) is 0 Å². The van der Waals surface area contributed by atoms with E-state index in [1.165, 1.54) is 24.5 Å². The van der Waals surface area contributed by atoms with E-state index in [0.29, 0.717) is 26.0 Å². The van der Waals surface area contributed by atoms with Crippen LogP contribution >= 0.6 is 22.6 Å². The zero-order chi connectivity index (χ0) is 20.3. The maximum Gasteiger partial charge on any atom is 0.282 e. The van der Waals surface area contributed by atoms with Crippen molar-refractivity contribution in [3.63, 3.8) is 0 Å². The van der Waals surface area contributed by atoms with Crippen molar-refractivity contribution in [2.75, 3.05) is 7.11 Å². The Hall–Kier alpha value is -2.94. The molecule has 0 saturated heterocycles. The van der Waals surface area contributed by atoms with Gasteiger partial charge in [0, 0.05) is 5.39 Å². The number of aromatic hydroxyl groups is 1. The number of carbonyl (C=O) groups is 2. The van der Waals surface area contributed by atoms with Crippen molar-refractivity contribution in [2.45, 2.75) is 12.8 Å². The molecule has 7 heteroatoms. The number of aryl methyl sites for hydroxylation is 2. The quantitative estimate of drug-likeness (QED) is 0.338. The topological polar surface area (TPSA) is 79.2 Å². The molecule has 6 nitrogen and oxygen atoms in total. The number of carbonyl (C=O) groups excluding carboxylic acids is 2. The van der Waals surface area contributed by atoms with Gasteiger partial charge in [0.2, 0.25) is 0 Å². The number of halogens is 1. The standard InChI is InChI=1S/C22H15IN2O4/c1-29-17-9-11(8-16(23)20(17)26)10-24-25-21(27)14-6-4-12-2-3-13-5-7-15(22(25)28)19(14)18(12)13/h4-10,26H,2-3H2,1H3. The lowest BCUT2D eigenvalue weighted by atomic mass is 9.92. The molecule has 29 heavy (non-hydrogen) atoms. The number of hydrazone groups is 1. The minimum atomic E-state index is -0.435. The Labute approximate surface area is 179 Å². The molecule has 0 fully saturated rings. The van der Waals surface area contributed by atoms with Crippen molar-refractivity contribution in [2.24, 2.45) is 5.10 Å². The second kappa shape index (κ2) is 6.55. The predicted molar refractivity (Wildman–Crippen MR) is 117 cm³/mol. The summed E-state index contributed by atoms with van der Waals surface area (Å²) in [6, 6.07) is 10.8. The number of nitrogens with zero attached hydrogens (tertiary/aromatic N) is 2. The maximum atomic E-state index is 13.0. The number of phenols is 1. The van der Waals surface area contributed by atoms with E-state index in [4.69, 9.17) is 4.74 Å². The largest absolute Gasteiger partial charge is 0.504 e. The summed E-state index contributed by atoms with van der Waals surface area (Å²) in [6.45, 7) is 0. The van der Waals surface area contributed by atoms with Crippen molar-refractivity contribution >= 4 is 51.4 Å². The fraction of sp³-hybridized carbons (Fsp3) is 0.136. The van der Waals surface area contributed by atoms with Crippen LogP contribution in [-0.4, -0.2) is 35.3 Å². The molecular formula is C22H15IN2O4. The molecule has 0 aromatic heterocycles. The van der Waals surface area contributed by atoms with Crippen molar-refractivity contribution in [1.29, 1.82) is 0 Å². The van der Waals surface area contributed by atoms with Crippen LogP contribution < -0.4 is 4.74 Å². The van der Waals surface area contributed by atoms with E-state index in [0.717, 1.165) is 28.6 Å². The second-order valence-corrected chi connectivity index (χ2v) is 8.18. The summed E-state index contributed by atoms with van der Waals surface area (Å²) >= 11 is 1.98. The number of phenolic OH excluding ortho intramolecular Hbond substituents is 1. The number of hydrogen-bond donors (Lipinski definition) is 1. The molecule has 1 aliphatic heterocycles. The van der Waals surface area contributed by atoms with Crippen molar-refractivity contribution in [1.82, 2.24) is 5.01 Å². The molecule has 2 aliphatic rings. The Bertz CT molecular complexity index is 1210. The highest BCUT2D eigenvalue weighted by molar-refractivity contribution is 14.1. The molecule has 3 aromatic carbocycles. The Morgan fingerprint density at radius 3 is 2.24 bits per heavy atom. The summed E-state index contributed by atoms with van der Waals surface area (Å²) in [5, 5.41) is 16.8. The van der Waals surface area contributed by atoms with Crippen LogP contribution in [0, 0.1) is 3.57 Å². The van der Waals surface area contributed by atoms with Gasteiger partial charge in [-0.05, 0) is 81.8 Å². The fourth-order valence-corrected chi connectivity index (χ4v) is 4.68. The Balaban J connectivity index is 1.58. The summed E-state index contributed by atoms with van der Waals surface area (Å²) < 4.78 is 5.73. The molecule has 5 rings (SSSR count). The van der Waals surface area contributed by atoms with Gasteiger partial charge in [0.1, 0.15) is 0 Å². The van der Waals surface area contributed by atoms with E-state index in [1.54, 1.807) is 24.3 Å². The average Bonchev–Trinajstić information content (AvgIpc) is 3.15. The Morgan fingerprint density at radius 2 is 1.66 bits per heavy atom. The van der Waals surface area contributed by atoms with Gasteiger partial charge < -0.3 is 9.84 Å². The molecule has 1 heterocycles. The van der Waals surface area contributed by atoms with Gasteiger partial charge in [-0.1, -0.05) is 12.1 Å². The first-order chi connectivity index (χ1) is 14.0. The third-order valence-electron chi connectivity index (χ3n) is 5.44. The number of rotatable bonds is 3. The van der Waals surface area contributed by atoms with Crippen LogP contribution in [0.1, 0.15) is 37.4 Å². The third kappa shape index (κ3) is 2.64. The van der Waals surface area contributed by atoms with Gasteiger partial charge in [0.25, 0.3) is 11.8 Å². The Morgan fingerprint density at radius 1 is 1.03 bits per heavy atom. The first-order valence-corrected chi connectivity index (χ1v) is 10.1. The summed E-state index contributed by atoms with van der Waals surface area (Å²) in [4.78, 5) is 26.1. The third-order valence-corrected chi connectivity index (χ3v) is 6.26. The SMILES string of the molecule is COc1cc(C=NN2C(=O)c3ccc4c5c(ccc(c35)C2=O)CC4)cc(I)c1O. The number of benzene rings is 3. The lowest BCUT2D eigenvalue weighted by molar-refractivity contribution is 0.0616. The number of imide groups is 1. The minimum absolute atomic E-state index is 0.0353. The molecule has 1 N–H and O–H groups in total. The molecule has 0 saturated carbocycles. The van der Waals surface area contributed by atoms with Crippen LogP contribution in [0.5, 0.6) is 11.5 Å². The highest BCUT2D eigenvalue weighted by atomic mass is 127. The van der Waals surface area contributed by atoms with E-state index >= 15 is 0 Å². The van der Waals surface area contributed by atoms with Crippen LogP contribution in [0.15, 0.2) is 41.5 Å². The lowest BCUT2D eigenvalue weighted by Crippen LogP contribution is -2.36. The molecule has 2 amide bonds.